The number of anilines is 1. The van der Waals surface area contributed by atoms with Crippen LogP contribution in [0.25, 0.3) is 0 Å². The van der Waals surface area contributed by atoms with Gasteiger partial charge < -0.3 is 4.74 Å². The number of nitroso groups, excluding NO2 is 1. The van der Waals surface area contributed by atoms with E-state index in [1.165, 1.54) is 6.07 Å². The van der Waals surface area contributed by atoms with E-state index in [1.54, 1.807) is 43.3 Å². The summed E-state index contributed by atoms with van der Waals surface area (Å²) in [5.74, 6) is 0.445. The molecule has 0 aliphatic heterocycles. The van der Waals surface area contributed by atoms with Gasteiger partial charge in [0, 0.05) is 5.69 Å². The van der Waals surface area contributed by atoms with Crippen LogP contribution in [0.5, 0.6) is 5.75 Å². The highest BCUT2D eigenvalue weighted by Crippen LogP contribution is 2.23. The van der Waals surface area contributed by atoms with Gasteiger partial charge in [-0.3, -0.25) is 5.32 Å². The Kier molecular flexibility index (Phi) is 3.87. The Hall–Kier alpha value is -2.69. The van der Waals surface area contributed by atoms with Crippen molar-refractivity contribution >= 4 is 17.5 Å². The van der Waals surface area contributed by atoms with Crippen molar-refractivity contribution in [2.75, 3.05) is 5.32 Å². The van der Waals surface area contributed by atoms with Gasteiger partial charge in [-0.15, -0.1) is 4.91 Å². The van der Waals surface area contributed by atoms with Crippen LogP contribution in [0, 0.1) is 11.8 Å². The van der Waals surface area contributed by atoms with Gasteiger partial charge in [-0.25, -0.2) is 4.79 Å². The fourth-order valence-electron chi connectivity index (χ4n) is 1.52. The molecule has 0 heterocycles. The average molecular weight is 256 g/mol. The lowest BCUT2D eigenvalue weighted by molar-refractivity contribution is 0.215. The minimum absolute atomic E-state index is 0.289. The van der Waals surface area contributed by atoms with Crippen LogP contribution in [-0.2, 0) is 0 Å². The van der Waals surface area contributed by atoms with Gasteiger partial charge in [0.15, 0.2) is 0 Å². The number of hydrogen-bond acceptors (Lipinski definition) is 4. The Labute approximate surface area is 110 Å². The number of ether oxygens (including phenoxy) is 1. The van der Waals surface area contributed by atoms with E-state index in [0.717, 1.165) is 5.56 Å². The lowest BCUT2D eigenvalue weighted by Gasteiger charge is -2.07. The number of amides is 1. The number of benzene rings is 2. The maximum atomic E-state index is 11.6. The van der Waals surface area contributed by atoms with E-state index in [0.29, 0.717) is 11.4 Å². The summed E-state index contributed by atoms with van der Waals surface area (Å²) in [4.78, 5) is 22.2. The summed E-state index contributed by atoms with van der Waals surface area (Å²) in [6.45, 7) is 1.77. The summed E-state index contributed by atoms with van der Waals surface area (Å²) < 4.78 is 5.06. The molecule has 0 aliphatic rings. The van der Waals surface area contributed by atoms with Crippen LogP contribution in [0.4, 0.5) is 16.2 Å². The third-order valence-corrected chi connectivity index (χ3v) is 2.51. The predicted octanol–water partition coefficient (Wildman–Crippen LogP) is 4.00. The summed E-state index contributed by atoms with van der Waals surface area (Å²) >= 11 is 0. The molecular formula is C14H12N2O3. The zero-order valence-electron chi connectivity index (χ0n) is 10.3. The maximum Gasteiger partial charge on any atom is 0.417 e. The number of para-hydroxylation sites is 1. The maximum absolute atomic E-state index is 11.6. The number of rotatable bonds is 3. The fourth-order valence-corrected chi connectivity index (χ4v) is 1.52. The SMILES string of the molecule is Cc1ccc(NC(=O)Oc2ccccc2)cc1N=O. The Morgan fingerprint density at radius 2 is 1.89 bits per heavy atom. The summed E-state index contributed by atoms with van der Waals surface area (Å²) in [5.41, 5.74) is 1.50. The van der Waals surface area contributed by atoms with Gasteiger partial charge >= 0.3 is 6.09 Å². The minimum atomic E-state index is -0.619. The van der Waals surface area contributed by atoms with E-state index in [-0.39, 0.29) is 5.69 Å². The van der Waals surface area contributed by atoms with Crippen molar-refractivity contribution in [1.82, 2.24) is 0 Å². The fraction of sp³-hybridized carbons (Fsp3) is 0.0714. The Morgan fingerprint density at radius 3 is 2.58 bits per heavy atom. The molecule has 1 N–H and O–H groups in total. The minimum Gasteiger partial charge on any atom is -0.410 e. The topological polar surface area (TPSA) is 67.8 Å². The average Bonchev–Trinajstić information content (AvgIpc) is 2.42. The lowest BCUT2D eigenvalue weighted by Crippen LogP contribution is -2.16. The molecule has 0 radical (unpaired) electrons. The van der Waals surface area contributed by atoms with Crippen molar-refractivity contribution in [3.63, 3.8) is 0 Å². The smallest absolute Gasteiger partial charge is 0.410 e. The summed E-state index contributed by atoms with van der Waals surface area (Å²) in [7, 11) is 0. The lowest BCUT2D eigenvalue weighted by atomic mass is 10.2. The molecule has 2 aromatic carbocycles. The van der Waals surface area contributed by atoms with Crippen LogP contribution in [0.2, 0.25) is 0 Å². The molecule has 19 heavy (non-hydrogen) atoms. The molecule has 0 fully saturated rings. The van der Waals surface area contributed by atoms with Crippen LogP contribution in [0.15, 0.2) is 53.7 Å². The molecule has 2 aromatic rings. The van der Waals surface area contributed by atoms with Crippen LogP contribution in [0.1, 0.15) is 5.56 Å². The van der Waals surface area contributed by atoms with E-state index in [1.807, 2.05) is 6.07 Å². The molecule has 5 heteroatoms. The second-order valence-electron chi connectivity index (χ2n) is 3.92. The zero-order valence-corrected chi connectivity index (χ0v) is 10.3. The van der Waals surface area contributed by atoms with Crippen LogP contribution in [0.3, 0.4) is 0 Å². The normalized spacial score (nSPS) is 9.74. The third kappa shape index (κ3) is 3.38. The molecule has 96 valence electrons. The summed E-state index contributed by atoms with van der Waals surface area (Å²) in [6.07, 6.45) is -0.619. The quantitative estimate of drug-likeness (QED) is 0.844. The highest BCUT2D eigenvalue weighted by atomic mass is 16.6. The highest BCUT2D eigenvalue weighted by Gasteiger charge is 2.06. The summed E-state index contributed by atoms with van der Waals surface area (Å²) in [5, 5.41) is 5.41. The second kappa shape index (κ2) is 5.77. The van der Waals surface area contributed by atoms with E-state index >= 15 is 0 Å². The number of hydrogen-bond donors (Lipinski definition) is 1. The van der Waals surface area contributed by atoms with Crippen molar-refractivity contribution in [2.45, 2.75) is 6.92 Å². The third-order valence-electron chi connectivity index (χ3n) is 2.51. The first-order valence-corrected chi connectivity index (χ1v) is 5.67. The van der Waals surface area contributed by atoms with Gasteiger partial charge in [0.1, 0.15) is 11.4 Å². The molecule has 0 unspecified atom stereocenters. The molecular weight excluding hydrogens is 244 g/mol. The summed E-state index contributed by atoms with van der Waals surface area (Å²) in [6, 6.07) is 13.6. The molecule has 0 spiro atoms. The molecule has 0 bridgehead atoms. The van der Waals surface area contributed by atoms with Crippen LogP contribution in [-0.4, -0.2) is 6.09 Å². The standard InChI is InChI=1S/C14H12N2O3/c1-10-7-8-11(9-13(10)16-18)15-14(17)19-12-5-3-2-4-6-12/h2-9H,1H3,(H,15,17). The molecule has 0 atom stereocenters. The van der Waals surface area contributed by atoms with E-state index in [4.69, 9.17) is 4.74 Å². The van der Waals surface area contributed by atoms with Crippen molar-refractivity contribution in [3.05, 3.63) is 59.0 Å². The van der Waals surface area contributed by atoms with Gasteiger partial charge in [0.05, 0.1) is 0 Å². The number of carbonyl (C=O) groups is 1. The van der Waals surface area contributed by atoms with E-state index in [2.05, 4.69) is 10.5 Å². The Morgan fingerprint density at radius 1 is 1.16 bits per heavy atom. The van der Waals surface area contributed by atoms with Crippen molar-refractivity contribution in [2.24, 2.45) is 5.18 Å². The van der Waals surface area contributed by atoms with Crippen LogP contribution < -0.4 is 10.1 Å². The van der Waals surface area contributed by atoms with Crippen LogP contribution >= 0.6 is 0 Å². The van der Waals surface area contributed by atoms with Crippen molar-refractivity contribution in [3.8, 4) is 5.75 Å². The number of aryl methyl sites for hydroxylation is 1. The molecule has 0 aromatic heterocycles. The predicted molar refractivity (Wildman–Crippen MR) is 72.7 cm³/mol. The van der Waals surface area contributed by atoms with E-state index < -0.39 is 6.09 Å². The van der Waals surface area contributed by atoms with E-state index in [9.17, 15) is 9.70 Å². The second-order valence-corrected chi connectivity index (χ2v) is 3.92. The largest absolute Gasteiger partial charge is 0.417 e. The van der Waals surface area contributed by atoms with Gasteiger partial charge in [-0.1, -0.05) is 24.3 Å². The van der Waals surface area contributed by atoms with Gasteiger partial charge in [-0.05, 0) is 41.9 Å². The molecule has 5 nitrogen and oxygen atoms in total. The number of nitrogens with zero attached hydrogens (tertiary/aromatic N) is 1. The number of nitrogens with one attached hydrogen (secondary N) is 1. The molecule has 0 aliphatic carbocycles. The molecule has 0 saturated heterocycles. The van der Waals surface area contributed by atoms with Gasteiger partial charge in [0.25, 0.3) is 0 Å². The first-order valence-electron chi connectivity index (χ1n) is 5.67. The first kappa shape index (κ1) is 12.8. The zero-order chi connectivity index (χ0) is 13.7. The number of carbonyl (C=O) groups excluding carboxylic acids is 1. The molecule has 1 amide bonds. The first-order chi connectivity index (χ1) is 9.19. The molecule has 2 rings (SSSR count). The Balaban J connectivity index is 2.05. The van der Waals surface area contributed by atoms with Crippen molar-refractivity contribution < 1.29 is 9.53 Å². The van der Waals surface area contributed by atoms with Crippen molar-refractivity contribution in [1.29, 1.82) is 0 Å². The molecule has 0 saturated carbocycles. The highest BCUT2D eigenvalue weighted by molar-refractivity contribution is 5.87. The van der Waals surface area contributed by atoms with Gasteiger partial charge in [0.2, 0.25) is 0 Å². The monoisotopic (exact) mass is 256 g/mol. The Bertz CT molecular complexity index is 597. The van der Waals surface area contributed by atoms with Gasteiger partial charge in [-0.2, -0.15) is 0 Å².